The van der Waals surface area contributed by atoms with E-state index >= 15 is 0 Å². The van der Waals surface area contributed by atoms with E-state index in [9.17, 15) is 0 Å². The lowest BCUT2D eigenvalue weighted by atomic mass is 10.0. The number of ether oxygens (including phenoxy) is 1. The van der Waals surface area contributed by atoms with Gasteiger partial charge in [0.1, 0.15) is 5.75 Å². The van der Waals surface area contributed by atoms with Crippen molar-refractivity contribution in [2.45, 2.75) is 26.9 Å². The molecule has 2 rings (SSSR count). The third-order valence-corrected chi connectivity index (χ3v) is 2.58. The number of hydrogen-bond donors (Lipinski definition) is 1. The molecule has 0 radical (unpaired) electrons. The van der Waals surface area contributed by atoms with Crippen molar-refractivity contribution < 1.29 is 4.74 Å². The highest BCUT2D eigenvalue weighted by Gasteiger charge is 2.09. The van der Waals surface area contributed by atoms with E-state index < -0.39 is 0 Å². The number of nitrogens with two attached hydrogens (primary N) is 1. The molecule has 1 heterocycles. The summed E-state index contributed by atoms with van der Waals surface area (Å²) in [5.74, 6) is 0.815. The van der Waals surface area contributed by atoms with E-state index in [4.69, 9.17) is 10.5 Å². The highest BCUT2D eigenvalue weighted by atomic mass is 16.5. The van der Waals surface area contributed by atoms with Gasteiger partial charge in [-0.15, -0.1) is 0 Å². The first-order chi connectivity index (χ1) is 8.56. The van der Waals surface area contributed by atoms with Gasteiger partial charge in [-0.25, -0.2) is 0 Å². The summed E-state index contributed by atoms with van der Waals surface area (Å²) < 4.78 is 5.82. The van der Waals surface area contributed by atoms with Gasteiger partial charge < -0.3 is 10.5 Å². The Morgan fingerprint density at radius 1 is 1.17 bits per heavy atom. The molecule has 0 aliphatic carbocycles. The van der Waals surface area contributed by atoms with Crippen LogP contribution in [-0.2, 0) is 0 Å². The van der Waals surface area contributed by atoms with Crippen LogP contribution in [0, 0.1) is 6.92 Å². The Labute approximate surface area is 108 Å². The van der Waals surface area contributed by atoms with Gasteiger partial charge in [-0.2, -0.15) is 0 Å². The van der Waals surface area contributed by atoms with E-state index in [1.807, 2.05) is 51.1 Å². The first kappa shape index (κ1) is 12.4. The SMILES string of the molecule is Cc1cc(-c2ccc(N)cc2OC(C)C)ccn1. The van der Waals surface area contributed by atoms with Gasteiger partial charge in [-0.3, -0.25) is 4.98 Å². The average Bonchev–Trinajstić information content (AvgIpc) is 2.28. The van der Waals surface area contributed by atoms with Gasteiger partial charge in [-0.1, -0.05) is 0 Å². The standard InChI is InChI=1S/C15H18N2O/c1-10(2)18-15-9-13(16)4-5-14(15)12-6-7-17-11(3)8-12/h4-10H,16H2,1-3H3. The molecule has 0 spiro atoms. The molecule has 94 valence electrons. The Hall–Kier alpha value is -2.03. The molecule has 0 unspecified atom stereocenters. The molecular formula is C15H18N2O. The minimum atomic E-state index is 0.119. The molecule has 0 aliphatic rings. The summed E-state index contributed by atoms with van der Waals surface area (Å²) >= 11 is 0. The molecule has 3 nitrogen and oxygen atoms in total. The van der Waals surface area contributed by atoms with Gasteiger partial charge in [0, 0.05) is 29.2 Å². The van der Waals surface area contributed by atoms with Crippen LogP contribution in [0.1, 0.15) is 19.5 Å². The molecule has 0 saturated heterocycles. The van der Waals surface area contributed by atoms with Crippen LogP contribution in [-0.4, -0.2) is 11.1 Å². The third kappa shape index (κ3) is 2.80. The Kier molecular flexibility index (Phi) is 3.51. The van der Waals surface area contributed by atoms with E-state index in [1.54, 1.807) is 6.20 Å². The zero-order chi connectivity index (χ0) is 13.1. The minimum Gasteiger partial charge on any atom is -0.490 e. The molecule has 2 aromatic rings. The summed E-state index contributed by atoms with van der Waals surface area (Å²) in [5.41, 5.74) is 9.65. The van der Waals surface area contributed by atoms with Crippen molar-refractivity contribution in [1.29, 1.82) is 0 Å². The topological polar surface area (TPSA) is 48.1 Å². The molecule has 1 aromatic heterocycles. The van der Waals surface area contributed by atoms with Crippen LogP contribution >= 0.6 is 0 Å². The number of anilines is 1. The minimum absolute atomic E-state index is 0.119. The molecule has 0 bridgehead atoms. The lowest BCUT2D eigenvalue weighted by Gasteiger charge is -2.15. The highest BCUT2D eigenvalue weighted by Crippen LogP contribution is 2.32. The van der Waals surface area contributed by atoms with Crippen LogP contribution in [0.4, 0.5) is 5.69 Å². The van der Waals surface area contributed by atoms with E-state index in [2.05, 4.69) is 4.98 Å². The average molecular weight is 242 g/mol. The monoisotopic (exact) mass is 242 g/mol. The summed E-state index contributed by atoms with van der Waals surface area (Å²) in [7, 11) is 0. The van der Waals surface area contributed by atoms with Crippen LogP contribution in [0.25, 0.3) is 11.1 Å². The second-order valence-electron chi connectivity index (χ2n) is 4.61. The van der Waals surface area contributed by atoms with E-state index in [0.29, 0.717) is 5.69 Å². The van der Waals surface area contributed by atoms with Crippen LogP contribution in [0.5, 0.6) is 5.75 Å². The molecule has 1 aromatic carbocycles. The number of nitrogen functional groups attached to an aromatic ring is 1. The zero-order valence-corrected chi connectivity index (χ0v) is 11.0. The van der Waals surface area contributed by atoms with Crippen LogP contribution in [0.15, 0.2) is 36.5 Å². The van der Waals surface area contributed by atoms with Crippen molar-refractivity contribution in [3.63, 3.8) is 0 Å². The lowest BCUT2D eigenvalue weighted by Crippen LogP contribution is -2.07. The largest absolute Gasteiger partial charge is 0.490 e. The first-order valence-electron chi connectivity index (χ1n) is 6.05. The summed E-state index contributed by atoms with van der Waals surface area (Å²) in [6.45, 7) is 5.99. The molecule has 0 aliphatic heterocycles. The number of benzene rings is 1. The van der Waals surface area contributed by atoms with Crippen molar-refractivity contribution in [3.8, 4) is 16.9 Å². The van der Waals surface area contributed by atoms with E-state index in [0.717, 1.165) is 22.6 Å². The Morgan fingerprint density at radius 3 is 2.61 bits per heavy atom. The normalized spacial score (nSPS) is 10.7. The molecule has 3 heteroatoms. The molecule has 0 saturated carbocycles. The van der Waals surface area contributed by atoms with Crippen molar-refractivity contribution in [1.82, 2.24) is 4.98 Å². The predicted octanol–water partition coefficient (Wildman–Crippen LogP) is 3.43. The molecule has 0 atom stereocenters. The fourth-order valence-corrected chi connectivity index (χ4v) is 1.84. The van der Waals surface area contributed by atoms with Crippen molar-refractivity contribution >= 4 is 5.69 Å². The van der Waals surface area contributed by atoms with E-state index in [1.165, 1.54) is 0 Å². The molecule has 0 amide bonds. The van der Waals surface area contributed by atoms with Gasteiger partial charge in [0.25, 0.3) is 0 Å². The van der Waals surface area contributed by atoms with Gasteiger partial charge in [0.15, 0.2) is 0 Å². The second kappa shape index (κ2) is 5.08. The zero-order valence-electron chi connectivity index (χ0n) is 11.0. The van der Waals surface area contributed by atoms with Gasteiger partial charge in [0.2, 0.25) is 0 Å². The second-order valence-corrected chi connectivity index (χ2v) is 4.61. The molecule has 2 N–H and O–H groups in total. The quantitative estimate of drug-likeness (QED) is 0.839. The number of aromatic nitrogens is 1. The summed E-state index contributed by atoms with van der Waals surface area (Å²) in [6.07, 6.45) is 1.92. The van der Waals surface area contributed by atoms with Crippen molar-refractivity contribution in [2.24, 2.45) is 0 Å². The maximum atomic E-state index is 5.82. The molecule has 18 heavy (non-hydrogen) atoms. The van der Waals surface area contributed by atoms with E-state index in [-0.39, 0.29) is 6.10 Å². The highest BCUT2D eigenvalue weighted by molar-refractivity contribution is 5.73. The summed E-state index contributed by atoms with van der Waals surface area (Å²) in [5, 5.41) is 0. The van der Waals surface area contributed by atoms with Crippen molar-refractivity contribution in [2.75, 3.05) is 5.73 Å². The van der Waals surface area contributed by atoms with Crippen molar-refractivity contribution in [3.05, 3.63) is 42.2 Å². The number of nitrogens with zero attached hydrogens (tertiary/aromatic N) is 1. The van der Waals surface area contributed by atoms with Crippen LogP contribution in [0.2, 0.25) is 0 Å². The van der Waals surface area contributed by atoms with Gasteiger partial charge in [0.05, 0.1) is 6.10 Å². The first-order valence-corrected chi connectivity index (χ1v) is 6.05. The third-order valence-electron chi connectivity index (χ3n) is 2.58. The molecular weight excluding hydrogens is 224 g/mol. The summed E-state index contributed by atoms with van der Waals surface area (Å²) in [4.78, 5) is 4.21. The Bertz CT molecular complexity index is 550. The van der Waals surface area contributed by atoms with Gasteiger partial charge >= 0.3 is 0 Å². The van der Waals surface area contributed by atoms with Gasteiger partial charge in [-0.05, 0) is 50.6 Å². The fourth-order valence-electron chi connectivity index (χ4n) is 1.84. The maximum Gasteiger partial charge on any atom is 0.129 e. The lowest BCUT2D eigenvalue weighted by molar-refractivity contribution is 0.243. The smallest absolute Gasteiger partial charge is 0.129 e. The maximum absolute atomic E-state index is 5.82. The van der Waals surface area contributed by atoms with Crippen LogP contribution in [0.3, 0.4) is 0 Å². The Morgan fingerprint density at radius 2 is 1.94 bits per heavy atom. The number of pyridine rings is 1. The number of rotatable bonds is 3. The Balaban J connectivity index is 2.49. The van der Waals surface area contributed by atoms with Crippen LogP contribution < -0.4 is 10.5 Å². The number of hydrogen-bond acceptors (Lipinski definition) is 3. The molecule has 0 fully saturated rings. The number of aryl methyl sites for hydroxylation is 1. The summed E-state index contributed by atoms with van der Waals surface area (Å²) in [6, 6.07) is 9.76. The fraction of sp³-hybridized carbons (Fsp3) is 0.267. The predicted molar refractivity (Wildman–Crippen MR) is 74.6 cm³/mol.